The van der Waals surface area contributed by atoms with E-state index in [1.165, 1.54) is 5.56 Å². The van der Waals surface area contributed by atoms with E-state index in [0.29, 0.717) is 0 Å². The minimum Gasteiger partial charge on any atom is -0.383 e. The molecule has 90 valence electrons. The average Bonchev–Trinajstić information content (AvgIpc) is 2.29. The van der Waals surface area contributed by atoms with Gasteiger partial charge in [-0.05, 0) is 20.0 Å². The molecule has 1 aromatic heterocycles. The van der Waals surface area contributed by atoms with Crippen molar-refractivity contribution in [3.05, 3.63) is 23.9 Å². The van der Waals surface area contributed by atoms with Gasteiger partial charge in [0.15, 0.2) is 0 Å². The van der Waals surface area contributed by atoms with Crippen LogP contribution in [0.2, 0.25) is 0 Å². The van der Waals surface area contributed by atoms with E-state index in [-0.39, 0.29) is 0 Å². The van der Waals surface area contributed by atoms with E-state index in [1.54, 1.807) is 7.11 Å². The van der Waals surface area contributed by atoms with E-state index in [1.807, 2.05) is 12.3 Å². The van der Waals surface area contributed by atoms with Crippen molar-refractivity contribution in [1.82, 2.24) is 9.88 Å². The summed E-state index contributed by atoms with van der Waals surface area (Å²) in [6.45, 7) is 5.54. The largest absolute Gasteiger partial charge is 0.383 e. The van der Waals surface area contributed by atoms with Crippen LogP contribution < -0.4 is 5.32 Å². The molecule has 16 heavy (non-hydrogen) atoms. The summed E-state index contributed by atoms with van der Waals surface area (Å²) in [6.07, 6.45) is 1.82. The number of nitrogens with zero attached hydrogens (tertiary/aromatic N) is 2. The lowest BCUT2D eigenvalue weighted by molar-refractivity contribution is 0.158. The minimum atomic E-state index is 0.757. The molecular weight excluding hydrogens is 202 g/mol. The Hall–Kier alpha value is -1.13. The maximum atomic E-state index is 5.06. The van der Waals surface area contributed by atoms with Crippen LogP contribution >= 0.6 is 0 Å². The van der Waals surface area contributed by atoms with E-state index < -0.39 is 0 Å². The molecule has 0 saturated heterocycles. The fraction of sp³-hybridized carbons (Fsp3) is 0.583. The van der Waals surface area contributed by atoms with E-state index >= 15 is 0 Å². The number of anilines is 1. The number of aromatic nitrogens is 1. The first-order valence-corrected chi connectivity index (χ1v) is 5.63. The summed E-state index contributed by atoms with van der Waals surface area (Å²) in [6, 6.07) is 4.08. The molecule has 0 radical (unpaired) electrons. The first-order valence-electron chi connectivity index (χ1n) is 5.63. The SMILES string of the molecule is CCNc1ncccc1CN(C)CCOC. The molecule has 1 N–H and O–H groups in total. The van der Waals surface area contributed by atoms with Gasteiger partial charge in [-0.25, -0.2) is 4.98 Å². The van der Waals surface area contributed by atoms with Gasteiger partial charge >= 0.3 is 0 Å². The maximum absolute atomic E-state index is 5.06. The highest BCUT2D eigenvalue weighted by molar-refractivity contribution is 5.43. The molecule has 0 aliphatic rings. The minimum absolute atomic E-state index is 0.757. The second-order valence-corrected chi connectivity index (χ2v) is 3.77. The number of nitrogens with one attached hydrogen (secondary N) is 1. The lowest BCUT2D eigenvalue weighted by atomic mass is 10.2. The van der Waals surface area contributed by atoms with Crippen LogP contribution in [0.4, 0.5) is 5.82 Å². The third-order valence-electron chi connectivity index (χ3n) is 2.35. The monoisotopic (exact) mass is 223 g/mol. The Morgan fingerprint density at radius 3 is 3.00 bits per heavy atom. The van der Waals surface area contributed by atoms with Crippen molar-refractivity contribution >= 4 is 5.82 Å². The molecule has 0 aliphatic heterocycles. The fourth-order valence-electron chi connectivity index (χ4n) is 1.51. The van der Waals surface area contributed by atoms with Crippen LogP contribution in [0.25, 0.3) is 0 Å². The molecule has 1 aromatic rings. The van der Waals surface area contributed by atoms with E-state index in [9.17, 15) is 0 Å². The second-order valence-electron chi connectivity index (χ2n) is 3.77. The third kappa shape index (κ3) is 4.16. The zero-order chi connectivity index (χ0) is 11.8. The summed E-state index contributed by atoms with van der Waals surface area (Å²) in [4.78, 5) is 6.56. The fourth-order valence-corrected chi connectivity index (χ4v) is 1.51. The van der Waals surface area contributed by atoms with Crippen molar-refractivity contribution in [1.29, 1.82) is 0 Å². The zero-order valence-electron chi connectivity index (χ0n) is 10.4. The van der Waals surface area contributed by atoms with Crippen molar-refractivity contribution in [2.45, 2.75) is 13.5 Å². The number of hydrogen-bond donors (Lipinski definition) is 1. The van der Waals surface area contributed by atoms with Crippen LogP contribution in [0.1, 0.15) is 12.5 Å². The highest BCUT2D eigenvalue weighted by Gasteiger charge is 2.05. The van der Waals surface area contributed by atoms with Gasteiger partial charge in [0.1, 0.15) is 5.82 Å². The van der Waals surface area contributed by atoms with E-state index in [0.717, 1.165) is 32.1 Å². The van der Waals surface area contributed by atoms with Gasteiger partial charge in [-0.3, -0.25) is 4.90 Å². The number of pyridine rings is 1. The molecule has 4 nitrogen and oxygen atoms in total. The Morgan fingerprint density at radius 2 is 2.31 bits per heavy atom. The summed E-state index contributed by atoms with van der Waals surface area (Å²) in [5.74, 6) is 0.981. The lowest BCUT2D eigenvalue weighted by Crippen LogP contribution is -2.23. The van der Waals surface area contributed by atoms with Crippen LogP contribution in [-0.2, 0) is 11.3 Å². The van der Waals surface area contributed by atoms with Gasteiger partial charge < -0.3 is 10.1 Å². The topological polar surface area (TPSA) is 37.4 Å². The van der Waals surface area contributed by atoms with Crippen LogP contribution in [0, 0.1) is 0 Å². The predicted octanol–water partition coefficient (Wildman–Crippen LogP) is 1.59. The van der Waals surface area contributed by atoms with Crippen molar-refractivity contribution in [3.63, 3.8) is 0 Å². The zero-order valence-corrected chi connectivity index (χ0v) is 10.4. The first-order chi connectivity index (χ1) is 7.77. The van der Waals surface area contributed by atoms with Crippen LogP contribution in [-0.4, -0.2) is 43.7 Å². The standard InChI is InChI=1S/C12H21N3O/c1-4-13-12-11(6-5-7-14-12)10-15(2)8-9-16-3/h5-7H,4,8-10H2,1-3H3,(H,13,14). The van der Waals surface area contributed by atoms with Crippen LogP contribution in [0.3, 0.4) is 0 Å². The van der Waals surface area contributed by atoms with Gasteiger partial charge in [-0.1, -0.05) is 6.07 Å². The van der Waals surface area contributed by atoms with Crippen LogP contribution in [0.15, 0.2) is 18.3 Å². The quantitative estimate of drug-likeness (QED) is 0.761. The molecule has 0 spiro atoms. The van der Waals surface area contributed by atoms with Crippen molar-refractivity contribution < 1.29 is 4.74 Å². The van der Waals surface area contributed by atoms with Crippen LogP contribution in [0.5, 0.6) is 0 Å². The normalized spacial score (nSPS) is 10.8. The van der Waals surface area contributed by atoms with Gasteiger partial charge in [0.25, 0.3) is 0 Å². The Morgan fingerprint density at radius 1 is 1.50 bits per heavy atom. The van der Waals surface area contributed by atoms with Gasteiger partial charge in [0.2, 0.25) is 0 Å². The Labute approximate surface area is 97.6 Å². The van der Waals surface area contributed by atoms with E-state index in [2.05, 4.69) is 35.2 Å². The molecular formula is C12H21N3O. The molecule has 0 atom stereocenters. The summed E-state index contributed by atoms with van der Waals surface area (Å²) in [5, 5.41) is 3.27. The summed E-state index contributed by atoms with van der Waals surface area (Å²) in [5.41, 5.74) is 1.22. The molecule has 1 rings (SSSR count). The van der Waals surface area contributed by atoms with Gasteiger partial charge in [0.05, 0.1) is 6.61 Å². The maximum Gasteiger partial charge on any atom is 0.130 e. The molecule has 0 saturated carbocycles. The third-order valence-corrected chi connectivity index (χ3v) is 2.35. The molecule has 0 amide bonds. The number of ether oxygens (including phenoxy) is 1. The smallest absolute Gasteiger partial charge is 0.130 e. The molecule has 0 aromatic carbocycles. The van der Waals surface area contributed by atoms with Gasteiger partial charge in [-0.15, -0.1) is 0 Å². The highest BCUT2D eigenvalue weighted by Crippen LogP contribution is 2.12. The Bertz CT molecular complexity index is 304. The lowest BCUT2D eigenvalue weighted by Gasteiger charge is -2.18. The molecule has 1 heterocycles. The number of hydrogen-bond acceptors (Lipinski definition) is 4. The van der Waals surface area contributed by atoms with Crippen molar-refractivity contribution in [3.8, 4) is 0 Å². The van der Waals surface area contributed by atoms with Gasteiger partial charge in [-0.2, -0.15) is 0 Å². The van der Waals surface area contributed by atoms with Crippen molar-refractivity contribution in [2.75, 3.05) is 39.2 Å². The number of likely N-dealkylation sites (N-methyl/N-ethyl adjacent to an activating group) is 1. The molecule has 0 unspecified atom stereocenters. The molecule has 0 fully saturated rings. The van der Waals surface area contributed by atoms with E-state index in [4.69, 9.17) is 4.74 Å². The van der Waals surface area contributed by atoms with Crippen molar-refractivity contribution in [2.24, 2.45) is 0 Å². The Kier molecular flexibility index (Phi) is 5.82. The molecule has 4 heteroatoms. The second kappa shape index (κ2) is 7.19. The Balaban J connectivity index is 2.57. The highest BCUT2D eigenvalue weighted by atomic mass is 16.5. The number of methoxy groups -OCH3 is 1. The summed E-state index contributed by atoms with van der Waals surface area (Å²) in [7, 11) is 3.81. The van der Waals surface area contributed by atoms with Gasteiger partial charge in [0, 0.05) is 38.5 Å². The first kappa shape index (κ1) is 12.9. The predicted molar refractivity (Wildman–Crippen MR) is 66.6 cm³/mol. The number of rotatable bonds is 7. The summed E-state index contributed by atoms with van der Waals surface area (Å²) >= 11 is 0. The average molecular weight is 223 g/mol. The molecule has 0 aliphatic carbocycles. The summed E-state index contributed by atoms with van der Waals surface area (Å²) < 4.78 is 5.06. The molecule has 0 bridgehead atoms.